The van der Waals surface area contributed by atoms with Crippen LogP contribution in [0.3, 0.4) is 0 Å². The van der Waals surface area contributed by atoms with Crippen LogP contribution in [0.4, 0.5) is 0 Å². The van der Waals surface area contributed by atoms with Crippen LogP contribution in [0.15, 0.2) is 12.2 Å². The number of unbranched alkanes of at least 4 members (excludes halogenated alkanes) is 9. The topological polar surface area (TPSA) is 26.3 Å². The second-order valence-electron chi connectivity index (χ2n) is 6.29. The highest BCUT2D eigenvalue weighted by molar-refractivity contribution is 5.72. The molecule has 0 radical (unpaired) electrons. The van der Waals surface area contributed by atoms with Crippen molar-refractivity contribution in [3.05, 3.63) is 12.2 Å². The Bertz CT molecular complexity index is 271. The lowest BCUT2D eigenvalue weighted by Crippen LogP contribution is -2.15. The maximum absolute atomic E-state index is 11.5. The molecule has 2 heteroatoms. The standard InChI is InChI=1S/C20H38O2/c1-4-6-7-8-9-10-11-12-13-14-15-16-17-18-19(5-2)20(21)22-3/h13-14,19H,4-12,15-18H2,1-3H3. The van der Waals surface area contributed by atoms with Gasteiger partial charge in [0.2, 0.25) is 0 Å². The van der Waals surface area contributed by atoms with E-state index < -0.39 is 0 Å². The largest absolute Gasteiger partial charge is 0.469 e. The molecule has 0 amide bonds. The molecule has 0 saturated heterocycles. The van der Waals surface area contributed by atoms with Crippen LogP contribution in [0.25, 0.3) is 0 Å². The Morgan fingerprint density at radius 2 is 1.41 bits per heavy atom. The SMILES string of the molecule is CCCCCCCCCC=CCCCCC(CC)C(=O)OC. The van der Waals surface area contributed by atoms with Gasteiger partial charge in [-0.15, -0.1) is 0 Å². The van der Waals surface area contributed by atoms with Crippen molar-refractivity contribution in [2.24, 2.45) is 5.92 Å². The van der Waals surface area contributed by atoms with Crippen LogP contribution in [-0.2, 0) is 9.53 Å². The maximum Gasteiger partial charge on any atom is 0.308 e. The molecule has 0 spiro atoms. The lowest BCUT2D eigenvalue weighted by Gasteiger charge is -2.11. The minimum absolute atomic E-state index is 0.0445. The molecule has 0 aromatic carbocycles. The van der Waals surface area contributed by atoms with E-state index in [9.17, 15) is 4.79 Å². The highest BCUT2D eigenvalue weighted by atomic mass is 16.5. The third-order valence-corrected chi connectivity index (χ3v) is 4.34. The molecule has 0 N–H and O–H groups in total. The zero-order chi connectivity index (χ0) is 16.5. The summed E-state index contributed by atoms with van der Waals surface area (Å²) >= 11 is 0. The van der Waals surface area contributed by atoms with Crippen LogP contribution < -0.4 is 0 Å². The molecular weight excluding hydrogens is 272 g/mol. The molecule has 0 aromatic heterocycles. The van der Waals surface area contributed by atoms with Crippen molar-refractivity contribution in [2.75, 3.05) is 7.11 Å². The van der Waals surface area contributed by atoms with E-state index >= 15 is 0 Å². The Morgan fingerprint density at radius 1 is 0.864 bits per heavy atom. The summed E-state index contributed by atoms with van der Waals surface area (Å²) in [5.41, 5.74) is 0. The fraction of sp³-hybridized carbons (Fsp3) is 0.850. The van der Waals surface area contributed by atoms with E-state index in [-0.39, 0.29) is 11.9 Å². The number of hydrogen-bond donors (Lipinski definition) is 0. The Labute approximate surface area is 138 Å². The quantitative estimate of drug-likeness (QED) is 0.197. The van der Waals surface area contributed by atoms with E-state index in [1.54, 1.807) is 0 Å². The molecule has 130 valence electrons. The van der Waals surface area contributed by atoms with E-state index in [0.29, 0.717) is 0 Å². The third kappa shape index (κ3) is 12.9. The first-order valence-electron chi connectivity index (χ1n) is 9.49. The van der Waals surface area contributed by atoms with Gasteiger partial charge in [-0.25, -0.2) is 0 Å². The first kappa shape index (κ1) is 21.2. The Hall–Kier alpha value is -0.790. The highest BCUT2D eigenvalue weighted by Gasteiger charge is 2.15. The summed E-state index contributed by atoms with van der Waals surface area (Å²) < 4.78 is 4.81. The van der Waals surface area contributed by atoms with Crippen LogP contribution in [0.2, 0.25) is 0 Å². The van der Waals surface area contributed by atoms with Gasteiger partial charge in [0, 0.05) is 0 Å². The zero-order valence-electron chi connectivity index (χ0n) is 15.2. The predicted octanol–water partition coefficient (Wildman–Crippen LogP) is 6.44. The molecule has 0 bridgehead atoms. The van der Waals surface area contributed by atoms with E-state index in [0.717, 1.165) is 25.7 Å². The number of ether oxygens (including phenoxy) is 1. The van der Waals surface area contributed by atoms with Gasteiger partial charge in [-0.3, -0.25) is 4.79 Å². The number of allylic oxidation sites excluding steroid dienone is 2. The molecule has 1 unspecified atom stereocenters. The van der Waals surface area contributed by atoms with Crippen LogP contribution >= 0.6 is 0 Å². The van der Waals surface area contributed by atoms with Crippen molar-refractivity contribution in [3.63, 3.8) is 0 Å². The number of hydrogen-bond acceptors (Lipinski definition) is 2. The summed E-state index contributed by atoms with van der Waals surface area (Å²) in [6, 6.07) is 0. The van der Waals surface area contributed by atoms with E-state index in [1.807, 2.05) is 0 Å². The predicted molar refractivity (Wildman–Crippen MR) is 96.0 cm³/mol. The molecule has 0 aliphatic rings. The first-order valence-corrected chi connectivity index (χ1v) is 9.49. The number of carbonyl (C=O) groups excluding carboxylic acids is 1. The molecule has 0 rings (SSSR count). The lowest BCUT2D eigenvalue weighted by molar-refractivity contribution is -0.145. The fourth-order valence-corrected chi connectivity index (χ4v) is 2.76. The van der Waals surface area contributed by atoms with Gasteiger partial charge >= 0.3 is 5.97 Å². The molecule has 22 heavy (non-hydrogen) atoms. The van der Waals surface area contributed by atoms with Crippen molar-refractivity contribution < 1.29 is 9.53 Å². The summed E-state index contributed by atoms with van der Waals surface area (Å²) in [6.45, 7) is 4.33. The molecule has 0 fully saturated rings. The van der Waals surface area contributed by atoms with Gasteiger partial charge in [0.1, 0.15) is 0 Å². The fourth-order valence-electron chi connectivity index (χ4n) is 2.76. The smallest absolute Gasteiger partial charge is 0.308 e. The minimum atomic E-state index is -0.0445. The van der Waals surface area contributed by atoms with Crippen molar-refractivity contribution in [3.8, 4) is 0 Å². The van der Waals surface area contributed by atoms with Gasteiger partial charge in [-0.1, -0.05) is 70.9 Å². The highest BCUT2D eigenvalue weighted by Crippen LogP contribution is 2.15. The Morgan fingerprint density at radius 3 is 1.95 bits per heavy atom. The molecule has 0 aromatic rings. The lowest BCUT2D eigenvalue weighted by atomic mass is 9.98. The molecule has 0 saturated carbocycles. The van der Waals surface area contributed by atoms with Crippen LogP contribution in [-0.4, -0.2) is 13.1 Å². The second-order valence-corrected chi connectivity index (χ2v) is 6.29. The van der Waals surface area contributed by atoms with Crippen LogP contribution in [0, 0.1) is 5.92 Å². The monoisotopic (exact) mass is 310 g/mol. The Balaban J connectivity index is 3.35. The molecular formula is C20H38O2. The van der Waals surface area contributed by atoms with Crippen molar-refractivity contribution in [1.29, 1.82) is 0 Å². The molecule has 1 atom stereocenters. The summed E-state index contributed by atoms with van der Waals surface area (Å²) in [4.78, 5) is 11.5. The maximum atomic E-state index is 11.5. The average Bonchev–Trinajstić information content (AvgIpc) is 2.54. The van der Waals surface area contributed by atoms with Gasteiger partial charge in [0.05, 0.1) is 13.0 Å². The molecule has 0 heterocycles. The van der Waals surface area contributed by atoms with E-state index in [1.165, 1.54) is 64.9 Å². The number of esters is 1. The third-order valence-electron chi connectivity index (χ3n) is 4.34. The van der Waals surface area contributed by atoms with Crippen LogP contribution in [0.5, 0.6) is 0 Å². The zero-order valence-corrected chi connectivity index (χ0v) is 15.2. The van der Waals surface area contributed by atoms with Gasteiger partial charge in [0.25, 0.3) is 0 Å². The second kappa shape index (κ2) is 16.6. The van der Waals surface area contributed by atoms with E-state index in [4.69, 9.17) is 4.74 Å². The summed E-state index contributed by atoms with van der Waals surface area (Å²) in [5, 5.41) is 0. The van der Waals surface area contributed by atoms with Crippen molar-refractivity contribution >= 4 is 5.97 Å². The van der Waals surface area contributed by atoms with E-state index in [2.05, 4.69) is 26.0 Å². The van der Waals surface area contributed by atoms with Gasteiger partial charge < -0.3 is 4.74 Å². The van der Waals surface area contributed by atoms with Gasteiger partial charge in [-0.2, -0.15) is 0 Å². The Kier molecular flexibility index (Phi) is 16.0. The van der Waals surface area contributed by atoms with Crippen molar-refractivity contribution in [1.82, 2.24) is 0 Å². The minimum Gasteiger partial charge on any atom is -0.469 e. The van der Waals surface area contributed by atoms with Gasteiger partial charge in [-0.05, 0) is 38.5 Å². The summed E-state index contributed by atoms with van der Waals surface area (Å²) in [6.07, 6.45) is 20.9. The summed E-state index contributed by atoms with van der Waals surface area (Å²) in [5.74, 6) is 0.0543. The first-order chi connectivity index (χ1) is 10.8. The van der Waals surface area contributed by atoms with Gasteiger partial charge in [0.15, 0.2) is 0 Å². The number of methoxy groups -OCH3 is 1. The van der Waals surface area contributed by atoms with Crippen molar-refractivity contribution in [2.45, 2.75) is 97.3 Å². The van der Waals surface area contributed by atoms with Crippen LogP contribution in [0.1, 0.15) is 97.3 Å². The number of carbonyl (C=O) groups is 1. The average molecular weight is 311 g/mol. The summed E-state index contributed by atoms with van der Waals surface area (Å²) in [7, 11) is 1.48. The molecule has 0 aliphatic carbocycles. The number of rotatable bonds is 15. The molecule has 2 nitrogen and oxygen atoms in total. The normalized spacial score (nSPS) is 12.7. The molecule has 0 aliphatic heterocycles.